The third-order valence-electron chi connectivity index (χ3n) is 8.16. The standard InChI is InChI=1S/C39H37N3O4/c1-27-3-8-33(9-4-27)39(44)42-23-21-37(22-24-42)46-36-17-6-29(7-18-36)26-45-35-19-14-31(15-20-35)30-10-12-32(13-11-30)38(43)41-34-16-5-28(2)40-25-34/h3-20,25,37H,21-24,26H2,1-2H3,(H,41,43). The van der Waals surface area contributed by atoms with Crippen molar-refractivity contribution in [2.75, 3.05) is 18.4 Å². The fourth-order valence-electron chi connectivity index (χ4n) is 5.38. The van der Waals surface area contributed by atoms with Crippen molar-refractivity contribution in [1.82, 2.24) is 9.88 Å². The van der Waals surface area contributed by atoms with Gasteiger partial charge in [0.25, 0.3) is 11.8 Å². The van der Waals surface area contributed by atoms with Crippen molar-refractivity contribution >= 4 is 17.5 Å². The molecule has 0 bridgehead atoms. The number of hydrogen-bond acceptors (Lipinski definition) is 5. The molecule has 1 N–H and O–H groups in total. The second kappa shape index (κ2) is 14.1. The Hall–Kier alpha value is -5.43. The number of aromatic nitrogens is 1. The summed E-state index contributed by atoms with van der Waals surface area (Å²) < 4.78 is 12.3. The smallest absolute Gasteiger partial charge is 0.255 e. The van der Waals surface area contributed by atoms with E-state index in [2.05, 4.69) is 10.3 Å². The first-order valence-corrected chi connectivity index (χ1v) is 15.6. The number of rotatable bonds is 9. The number of hydrogen-bond donors (Lipinski definition) is 1. The predicted molar refractivity (Wildman–Crippen MR) is 180 cm³/mol. The first kappa shape index (κ1) is 30.6. The molecule has 5 aromatic rings. The summed E-state index contributed by atoms with van der Waals surface area (Å²) in [4.78, 5) is 31.5. The van der Waals surface area contributed by atoms with Crippen LogP contribution in [0.2, 0.25) is 0 Å². The van der Waals surface area contributed by atoms with Gasteiger partial charge in [0.2, 0.25) is 0 Å². The van der Waals surface area contributed by atoms with Crippen LogP contribution in [0, 0.1) is 13.8 Å². The molecule has 46 heavy (non-hydrogen) atoms. The maximum absolute atomic E-state index is 12.8. The molecule has 0 spiro atoms. The molecule has 232 valence electrons. The van der Waals surface area contributed by atoms with Gasteiger partial charge < -0.3 is 19.7 Å². The van der Waals surface area contributed by atoms with Crippen molar-refractivity contribution in [3.8, 4) is 22.6 Å². The molecule has 2 heterocycles. The summed E-state index contributed by atoms with van der Waals surface area (Å²) in [7, 11) is 0. The summed E-state index contributed by atoms with van der Waals surface area (Å²) in [5.74, 6) is 1.52. The number of ether oxygens (including phenoxy) is 2. The van der Waals surface area contributed by atoms with Crippen LogP contribution in [0.25, 0.3) is 11.1 Å². The predicted octanol–water partition coefficient (Wildman–Crippen LogP) is 7.88. The quantitative estimate of drug-likeness (QED) is 0.183. The highest BCUT2D eigenvalue weighted by atomic mass is 16.5. The molecular formula is C39H37N3O4. The summed E-state index contributed by atoms with van der Waals surface area (Å²) in [6.45, 7) is 5.76. The van der Waals surface area contributed by atoms with Crippen LogP contribution < -0.4 is 14.8 Å². The van der Waals surface area contributed by atoms with E-state index < -0.39 is 0 Å². The molecule has 6 rings (SSSR count). The maximum Gasteiger partial charge on any atom is 0.255 e. The Bertz CT molecular complexity index is 1760. The third-order valence-corrected chi connectivity index (χ3v) is 8.16. The number of carbonyl (C=O) groups excluding carboxylic acids is 2. The molecule has 1 aliphatic rings. The lowest BCUT2D eigenvalue weighted by atomic mass is 10.0. The highest BCUT2D eigenvalue weighted by molar-refractivity contribution is 6.04. The van der Waals surface area contributed by atoms with Crippen molar-refractivity contribution in [1.29, 1.82) is 0 Å². The van der Waals surface area contributed by atoms with Crippen LogP contribution in [-0.2, 0) is 6.61 Å². The van der Waals surface area contributed by atoms with E-state index in [1.54, 1.807) is 6.20 Å². The van der Waals surface area contributed by atoms with Crippen molar-refractivity contribution in [3.05, 3.63) is 143 Å². The minimum atomic E-state index is -0.173. The van der Waals surface area contributed by atoms with Crippen molar-refractivity contribution < 1.29 is 19.1 Å². The van der Waals surface area contributed by atoms with Crippen molar-refractivity contribution in [2.45, 2.75) is 39.4 Å². The molecule has 7 nitrogen and oxygen atoms in total. The highest BCUT2D eigenvalue weighted by Crippen LogP contribution is 2.25. The van der Waals surface area contributed by atoms with Crippen LogP contribution in [-0.4, -0.2) is 40.9 Å². The lowest BCUT2D eigenvalue weighted by molar-refractivity contribution is 0.0595. The lowest BCUT2D eigenvalue weighted by Crippen LogP contribution is -2.41. The number of amides is 2. The van der Waals surface area contributed by atoms with Crippen LogP contribution in [0.5, 0.6) is 11.5 Å². The maximum atomic E-state index is 12.8. The Morgan fingerprint density at radius 3 is 1.98 bits per heavy atom. The molecule has 0 aliphatic carbocycles. The van der Waals surface area contributed by atoms with Gasteiger partial charge in [-0.2, -0.15) is 0 Å². The summed E-state index contributed by atoms with van der Waals surface area (Å²) >= 11 is 0. The zero-order valence-electron chi connectivity index (χ0n) is 26.1. The van der Waals surface area contributed by atoms with Crippen LogP contribution >= 0.6 is 0 Å². The molecule has 4 aromatic carbocycles. The summed E-state index contributed by atoms with van der Waals surface area (Å²) in [5.41, 5.74) is 7.13. The Labute approximate surface area is 269 Å². The summed E-state index contributed by atoms with van der Waals surface area (Å²) in [6.07, 6.45) is 3.36. The van der Waals surface area contributed by atoms with Crippen LogP contribution in [0.4, 0.5) is 5.69 Å². The number of aryl methyl sites for hydroxylation is 2. The number of nitrogens with one attached hydrogen (secondary N) is 1. The van der Waals surface area contributed by atoms with E-state index in [0.29, 0.717) is 30.9 Å². The molecule has 0 radical (unpaired) electrons. The van der Waals surface area contributed by atoms with Crippen LogP contribution in [0.1, 0.15) is 50.4 Å². The molecule has 7 heteroatoms. The van der Waals surface area contributed by atoms with Crippen LogP contribution in [0.15, 0.2) is 115 Å². The lowest BCUT2D eigenvalue weighted by Gasteiger charge is -2.32. The number of carbonyl (C=O) groups is 2. The Kier molecular flexibility index (Phi) is 9.39. The van der Waals surface area contributed by atoms with E-state index in [-0.39, 0.29) is 17.9 Å². The molecular weight excluding hydrogens is 574 g/mol. The van der Waals surface area contributed by atoms with Crippen molar-refractivity contribution in [3.63, 3.8) is 0 Å². The SMILES string of the molecule is Cc1ccc(C(=O)N2CCC(Oc3ccc(COc4ccc(-c5ccc(C(=O)Nc6ccc(C)nc6)cc5)cc4)cc3)CC2)cc1. The van der Waals surface area contributed by atoms with E-state index in [1.807, 2.05) is 128 Å². The van der Waals surface area contributed by atoms with Gasteiger partial charge >= 0.3 is 0 Å². The monoisotopic (exact) mass is 611 g/mol. The second-order valence-corrected chi connectivity index (χ2v) is 11.7. The normalized spacial score (nSPS) is 13.2. The summed E-state index contributed by atoms with van der Waals surface area (Å²) in [6, 6.07) is 34.9. The highest BCUT2D eigenvalue weighted by Gasteiger charge is 2.24. The van der Waals surface area contributed by atoms with Crippen LogP contribution in [0.3, 0.4) is 0 Å². The Balaban J connectivity index is 0.948. The number of likely N-dealkylation sites (tertiary alicyclic amines) is 1. The van der Waals surface area contributed by atoms with Gasteiger partial charge in [0.05, 0.1) is 11.9 Å². The molecule has 0 saturated carbocycles. The molecule has 1 aromatic heterocycles. The average molecular weight is 612 g/mol. The average Bonchev–Trinajstić information content (AvgIpc) is 3.10. The van der Waals surface area contributed by atoms with Crippen molar-refractivity contribution in [2.24, 2.45) is 0 Å². The van der Waals surface area contributed by atoms with Gasteiger partial charge in [-0.25, -0.2) is 0 Å². The van der Waals surface area contributed by atoms with E-state index in [9.17, 15) is 9.59 Å². The fraction of sp³-hybridized carbons (Fsp3) is 0.205. The topological polar surface area (TPSA) is 80.8 Å². The third kappa shape index (κ3) is 7.80. The number of anilines is 1. The molecule has 0 atom stereocenters. The van der Waals surface area contributed by atoms with Gasteiger partial charge in [-0.15, -0.1) is 0 Å². The Morgan fingerprint density at radius 2 is 1.35 bits per heavy atom. The van der Waals surface area contributed by atoms with Gasteiger partial charge in [-0.05, 0) is 91.2 Å². The zero-order valence-corrected chi connectivity index (χ0v) is 26.1. The zero-order chi connectivity index (χ0) is 31.9. The first-order chi connectivity index (χ1) is 22.4. The molecule has 1 fully saturated rings. The summed E-state index contributed by atoms with van der Waals surface area (Å²) in [5, 5.41) is 2.87. The molecule has 1 saturated heterocycles. The van der Waals surface area contributed by atoms with Gasteiger partial charge in [-0.3, -0.25) is 14.6 Å². The van der Waals surface area contributed by atoms with E-state index in [4.69, 9.17) is 9.47 Å². The number of nitrogens with zero attached hydrogens (tertiary/aromatic N) is 2. The van der Waals surface area contributed by atoms with Gasteiger partial charge in [0, 0.05) is 42.8 Å². The number of piperidine rings is 1. The molecule has 1 aliphatic heterocycles. The number of benzene rings is 4. The van der Waals surface area contributed by atoms with Gasteiger partial charge in [0.15, 0.2) is 0 Å². The second-order valence-electron chi connectivity index (χ2n) is 11.7. The van der Waals surface area contributed by atoms with E-state index >= 15 is 0 Å². The minimum Gasteiger partial charge on any atom is -0.490 e. The van der Waals surface area contributed by atoms with E-state index in [1.165, 1.54) is 0 Å². The number of pyridine rings is 1. The first-order valence-electron chi connectivity index (χ1n) is 15.6. The largest absolute Gasteiger partial charge is 0.490 e. The van der Waals surface area contributed by atoms with Gasteiger partial charge in [-0.1, -0.05) is 54.1 Å². The fourth-order valence-corrected chi connectivity index (χ4v) is 5.38. The van der Waals surface area contributed by atoms with E-state index in [0.717, 1.165) is 57.9 Å². The molecule has 0 unspecified atom stereocenters. The van der Waals surface area contributed by atoms with Gasteiger partial charge in [0.1, 0.15) is 24.2 Å². The Morgan fingerprint density at radius 1 is 0.739 bits per heavy atom. The molecule has 2 amide bonds. The minimum absolute atomic E-state index is 0.0880.